The van der Waals surface area contributed by atoms with Gasteiger partial charge in [-0.1, -0.05) is 28.1 Å². The Morgan fingerprint density at radius 2 is 2.18 bits per heavy atom. The molecule has 0 atom stereocenters. The predicted molar refractivity (Wildman–Crippen MR) is 64.8 cm³/mol. The molecule has 0 saturated carbocycles. The van der Waals surface area contributed by atoms with Gasteiger partial charge in [0.05, 0.1) is 18.4 Å². The summed E-state index contributed by atoms with van der Waals surface area (Å²) in [5.74, 6) is 0. The molecular formula is C11H10BrF2N3. The summed E-state index contributed by atoms with van der Waals surface area (Å²) >= 11 is 3.33. The van der Waals surface area contributed by atoms with Crippen LogP contribution in [0.5, 0.6) is 0 Å². The zero-order chi connectivity index (χ0) is 12.4. The number of hydrogen-bond donors (Lipinski definition) is 1. The Kier molecular flexibility index (Phi) is 3.42. The third-order valence-corrected chi connectivity index (χ3v) is 2.83. The Morgan fingerprint density at radius 1 is 1.41 bits per heavy atom. The zero-order valence-electron chi connectivity index (χ0n) is 8.78. The van der Waals surface area contributed by atoms with Gasteiger partial charge < -0.3 is 5.73 Å². The number of rotatable bonds is 3. The molecular weight excluding hydrogens is 292 g/mol. The first-order chi connectivity index (χ1) is 8.08. The predicted octanol–water partition coefficient (Wildman–Crippen LogP) is 3.21. The number of benzene rings is 1. The smallest absolute Gasteiger partial charge is 0.282 e. The molecule has 0 saturated heterocycles. The van der Waals surface area contributed by atoms with Crippen LogP contribution in [0.2, 0.25) is 0 Å². The van der Waals surface area contributed by atoms with Crippen LogP contribution >= 0.6 is 15.9 Å². The van der Waals surface area contributed by atoms with E-state index < -0.39 is 6.43 Å². The fourth-order valence-corrected chi connectivity index (χ4v) is 2.03. The van der Waals surface area contributed by atoms with Crippen molar-refractivity contribution in [3.63, 3.8) is 0 Å². The Morgan fingerprint density at radius 3 is 2.82 bits per heavy atom. The van der Waals surface area contributed by atoms with Gasteiger partial charge in [-0.15, -0.1) is 0 Å². The standard InChI is InChI=1S/C11H10BrF2N3/c12-8-3-1-2-7(4-8)6-17-10(11(13)14)9(15)5-16-17/h1-5,11H,6,15H2. The molecule has 0 aliphatic rings. The minimum absolute atomic E-state index is 0.0231. The first kappa shape index (κ1) is 12.0. The number of halogens is 3. The van der Waals surface area contributed by atoms with E-state index in [0.29, 0.717) is 0 Å². The van der Waals surface area contributed by atoms with Crippen LogP contribution in [0.4, 0.5) is 14.5 Å². The van der Waals surface area contributed by atoms with E-state index in [0.717, 1.165) is 10.0 Å². The summed E-state index contributed by atoms with van der Waals surface area (Å²) in [5.41, 5.74) is 6.12. The maximum absolute atomic E-state index is 12.8. The molecule has 0 aliphatic heterocycles. The molecule has 0 aliphatic carbocycles. The summed E-state index contributed by atoms with van der Waals surface area (Å²) in [5, 5.41) is 3.86. The highest BCUT2D eigenvalue weighted by Gasteiger charge is 2.18. The molecule has 2 aromatic rings. The first-order valence-corrected chi connectivity index (χ1v) is 5.71. The normalized spacial score (nSPS) is 11.1. The van der Waals surface area contributed by atoms with Crippen molar-refractivity contribution in [2.75, 3.05) is 5.73 Å². The second kappa shape index (κ2) is 4.83. The van der Waals surface area contributed by atoms with Crippen LogP contribution in [0.15, 0.2) is 34.9 Å². The van der Waals surface area contributed by atoms with Gasteiger partial charge in [0.15, 0.2) is 0 Å². The van der Waals surface area contributed by atoms with Gasteiger partial charge >= 0.3 is 0 Å². The number of nitrogens with zero attached hydrogens (tertiary/aromatic N) is 2. The lowest BCUT2D eigenvalue weighted by atomic mass is 10.2. The topological polar surface area (TPSA) is 43.8 Å². The summed E-state index contributed by atoms with van der Waals surface area (Å²) < 4.78 is 27.6. The number of anilines is 1. The van der Waals surface area contributed by atoms with E-state index in [-0.39, 0.29) is 17.9 Å². The number of nitrogen functional groups attached to an aromatic ring is 1. The molecule has 3 nitrogen and oxygen atoms in total. The Balaban J connectivity index is 2.30. The number of nitrogens with two attached hydrogens (primary N) is 1. The Hall–Kier alpha value is -1.43. The minimum Gasteiger partial charge on any atom is -0.396 e. The van der Waals surface area contributed by atoms with Crippen LogP contribution < -0.4 is 5.73 Å². The third-order valence-electron chi connectivity index (χ3n) is 2.34. The molecule has 1 aromatic heterocycles. The summed E-state index contributed by atoms with van der Waals surface area (Å²) in [6.07, 6.45) is -1.37. The maximum atomic E-state index is 12.8. The van der Waals surface area contributed by atoms with Gasteiger partial charge in [0, 0.05) is 4.47 Å². The summed E-state index contributed by atoms with van der Waals surface area (Å²) in [6.45, 7) is 0.274. The van der Waals surface area contributed by atoms with E-state index in [9.17, 15) is 8.78 Å². The average molecular weight is 302 g/mol. The van der Waals surface area contributed by atoms with Crippen molar-refractivity contribution < 1.29 is 8.78 Å². The molecule has 2 rings (SSSR count). The van der Waals surface area contributed by atoms with Crippen molar-refractivity contribution in [1.29, 1.82) is 0 Å². The minimum atomic E-state index is -2.62. The Labute approximate surface area is 105 Å². The largest absolute Gasteiger partial charge is 0.396 e. The van der Waals surface area contributed by atoms with Crippen molar-refractivity contribution in [2.24, 2.45) is 0 Å². The zero-order valence-corrected chi connectivity index (χ0v) is 10.4. The maximum Gasteiger partial charge on any atom is 0.282 e. The molecule has 90 valence electrons. The molecule has 6 heteroatoms. The summed E-state index contributed by atoms with van der Waals surface area (Å²) in [4.78, 5) is 0. The monoisotopic (exact) mass is 301 g/mol. The van der Waals surface area contributed by atoms with Gasteiger partial charge in [-0.25, -0.2) is 8.78 Å². The van der Waals surface area contributed by atoms with Gasteiger partial charge in [0.1, 0.15) is 5.69 Å². The van der Waals surface area contributed by atoms with E-state index in [4.69, 9.17) is 5.73 Å². The quantitative estimate of drug-likeness (QED) is 0.946. The molecule has 0 bridgehead atoms. The SMILES string of the molecule is Nc1cnn(Cc2cccc(Br)c2)c1C(F)F. The lowest BCUT2D eigenvalue weighted by Crippen LogP contribution is -2.07. The molecule has 1 aromatic carbocycles. The van der Waals surface area contributed by atoms with Crippen molar-refractivity contribution in [2.45, 2.75) is 13.0 Å². The van der Waals surface area contributed by atoms with Gasteiger partial charge in [0.2, 0.25) is 0 Å². The van der Waals surface area contributed by atoms with E-state index >= 15 is 0 Å². The molecule has 0 spiro atoms. The number of alkyl halides is 2. The lowest BCUT2D eigenvalue weighted by molar-refractivity contribution is 0.140. The summed E-state index contributed by atoms with van der Waals surface area (Å²) in [6, 6.07) is 7.41. The van der Waals surface area contributed by atoms with Crippen LogP contribution in [0.25, 0.3) is 0 Å². The highest BCUT2D eigenvalue weighted by molar-refractivity contribution is 9.10. The van der Waals surface area contributed by atoms with Crippen molar-refractivity contribution >= 4 is 21.6 Å². The van der Waals surface area contributed by atoms with Gasteiger partial charge in [0.25, 0.3) is 6.43 Å². The van der Waals surface area contributed by atoms with Gasteiger partial charge in [-0.05, 0) is 17.7 Å². The van der Waals surface area contributed by atoms with Crippen molar-refractivity contribution in [3.05, 3.63) is 46.2 Å². The molecule has 17 heavy (non-hydrogen) atoms. The van der Waals surface area contributed by atoms with Crippen LogP contribution in [-0.2, 0) is 6.54 Å². The van der Waals surface area contributed by atoms with E-state index in [2.05, 4.69) is 21.0 Å². The van der Waals surface area contributed by atoms with Gasteiger partial charge in [-0.3, -0.25) is 4.68 Å². The molecule has 0 unspecified atom stereocenters. The molecule has 1 heterocycles. The fraction of sp³-hybridized carbons (Fsp3) is 0.182. The third kappa shape index (κ3) is 2.63. The van der Waals surface area contributed by atoms with Crippen molar-refractivity contribution in [1.82, 2.24) is 9.78 Å². The molecule has 2 N–H and O–H groups in total. The van der Waals surface area contributed by atoms with E-state index in [1.807, 2.05) is 24.3 Å². The highest BCUT2D eigenvalue weighted by Crippen LogP contribution is 2.25. The molecule has 0 amide bonds. The van der Waals surface area contributed by atoms with Gasteiger partial charge in [-0.2, -0.15) is 5.10 Å². The summed E-state index contributed by atoms with van der Waals surface area (Å²) in [7, 11) is 0. The van der Waals surface area contributed by atoms with Crippen LogP contribution in [0.1, 0.15) is 17.7 Å². The first-order valence-electron chi connectivity index (χ1n) is 4.91. The molecule has 0 radical (unpaired) electrons. The number of aromatic nitrogens is 2. The average Bonchev–Trinajstić information content (AvgIpc) is 2.59. The number of hydrogen-bond acceptors (Lipinski definition) is 2. The second-order valence-corrected chi connectivity index (χ2v) is 4.49. The molecule has 0 fully saturated rings. The highest BCUT2D eigenvalue weighted by atomic mass is 79.9. The second-order valence-electron chi connectivity index (χ2n) is 3.57. The van der Waals surface area contributed by atoms with E-state index in [1.165, 1.54) is 10.9 Å². The van der Waals surface area contributed by atoms with Crippen LogP contribution in [0, 0.1) is 0 Å². The van der Waals surface area contributed by atoms with Crippen molar-refractivity contribution in [3.8, 4) is 0 Å². The van der Waals surface area contributed by atoms with E-state index in [1.54, 1.807) is 0 Å². The fourth-order valence-electron chi connectivity index (χ4n) is 1.58. The van der Waals surface area contributed by atoms with Crippen LogP contribution in [-0.4, -0.2) is 9.78 Å². The lowest BCUT2D eigenvalue weighted by Gasteiger charge is -2.07. The van der Waals surface area contributed by atoms with Crippen LogP contribution in [0.3, 0.4) is 0 Å². The Bertz CT molecular complexity index is 525.